The minimum absolute atomic E-state index is 0.170. The summed E-state index contributed by atoms with van der Waals surface area (Å²) in [4.78, 5) is 0. The molecule has 0 bridgehead atoms. The number of tetrazole rings is 1. The van der Waals surface area contributed by atoms with Crippen molar-refractivity contribution in [2.75, 3.05) is 11.9 Å². The van der Waals surface area contributed by atoms with Crippen LogP contribution in [0.4, 0.5) is 5.69 Å². The maximum atomic E-state index is 5.85. The number of anilines is 1. The summed E-state index contributed by atoms with van der Waals surface area (Å²) >= 11 is 0. The Morgan fingerprint density at radius 3 is 3.10 bits per heavy atom. The molecule has 2 aromatic rings. The van der Waals surface area contributed by atoms with Crippen molar-refractivity contribution < 1.29 is 4.74 Å². The number of nitrogens with zero attached hydrogens (tertiary/aromatic N) is 3. The first kappa shape index (κ1) is 12.8. The van der Waals surface area contributed by atoms with Crippen molar-refractivity contribution in [2.45, 2.75) is 32.4 Å². The van der Waals surface area contributed by atoms with Gasteiger partial charge in [0.2, 0.25) is 5.82 Å². The molecule has 1 saturated heterocycles. The van der Waals surface area contributed by atoms with Gasteiger partial charge in [-0.3, -0.25) is 0 Å². The zero-order valence-electron chi connectivity index (χ0n) is 12.2. The van der Waals surface area contributed by atoms with Gasteiger partial charge in [0.25, 0.3) is 0 Å². The van der Waals surface area contributed by atoms with Crippen molar-refractivity contribution in [1.29, 1.82) is 0 Å². The summed E-state index contributed by atoms with van der Waals surface area (Å²) in [5.74, 6) is 1.24. The lowest BCUT2D eigenvalue weighted by atomic mass is 9.57. The topological polar surface area (TPSA) is 75.7 Å². The summed E-state index contributed by atoms with van der Waals surface area (Å²) in [6, 6.07) is 8.61. The number of hydrogen-bond donors (Lipinski definition) is 2. The third kappa shape index (κ3) is 1.93. The number of benzene rings is 1. The van der Waals surface area contributed by atoms with Gasteiger partial charge in [0, 0.05) is 35.2 Å². The third-order valence-electron chi connectivity index (χ3n) is 4.89. The van der Waals surface area contributed by atoms with Gasteiger partial charge in [-0.1, -0.05) is 26.0 Å². The molecule has 2 aliphatic rings. The highest BCUT2D eigenvalue weighted by molar-refractivity contribution is 5.62. The Bertz CT molecular complexity index is 639. The molecule has 0 amide bonds. The molecule has 1 saturated carbocycles. The number of hydrogen-bond acceptors (Lipinski definition) is 5. The van der Waals surface area contributed by atoms with Crippen molar-refractivity contribution in [3.05, 3.63) is 24.3 Å². The van der Waals surface area contributed by atoms with E-state index in [2.05, 4.69) is 51.9 Å². The quantitative estimate of drug-likeness (QED) is 0.903. The Morgan fingerprint density at radius 2 is 2.29 bits per heavy atom. The number of aromatic amines is 1. The lowest BCUT2D eigenvalue weighted by molar-refractivity contribution is -0.0923. The van der Waals surface area contributed by atoms with Crippen molar-refractivity contribution in [2.24, 2.45) is 11.3 Å². The lowest BCUT2D eigenvalue weighted by Crippen LogP contribution is -2.63. The average Bonchev–Trinajstić information content (AvgIpc) is 3.15. The Kier molecular flexibility index (Phi) is 2.75. The minimum atomic E-state index is 0.170. The van der Waals surface area contributed by atoms with Crippen molar-refractivity contribution in [3.63, 3.8) is 0 Å². The Balaban J connectivity index is 1.56. The number of H-pyrrole nitrogens is 1. The molecule has 6 nitrogen and oxygen atoms in total. The maximum absolute atomic E-state index is 5.85. The zero-order valence-corrected chi connectivity index (χ0v) is 12.2. The van der Waals surface area contributed by atoms with Crippen LogP contribution >= 0.6 is 0 Å². The van der Waals surface area contributed by atoms with Crippen LogP contribution in [0.5, 0.6) is 0 Å². The summed E-state index contributed by atoms with van der Waals surface area (Å²) in [6.07, 6.45) is 1.55. The number of fused-ring (bicyclic) bond motifs is 1. The Morgan fingerprint density at radius 1 is 1.38 bits per heavy atom. The predicted octanol–water partition coefficient (Wildman–Crippen LogP) is 2.09. The summed E-state index contributed by atoms with van der Waals surface area (Å²) in [7, 11) is 0. The van der Waals surface area contributed by atoms with E-state index in [4.69, 9.17) is 4.74 Å². The molecular weight excluding hydrogens is 266 g/mol. The van der Waals surface area contributed by atoms with Gasteiger partial charge in [-0.05, 0) is 23.8 Å². The van der Waals surface area contributed by atoms with E-state index in [0.29, 0.717) is 23.9 Å². The molecule has 1 aromatic carbocycles. The molecular formula is C15H19N5O. The molecule has 4 rings (SSSR count). The number of nitrogens with one attached hydrogen (secondary N) is 2. The van der Waals surface area contributed by atoms with E-state index in [1.54, 1.807) is 0 Å². The highest BCUT2D eigenvalue weighted by Gasteiger charge is 2.59. The van der Waals surface area contributed by atoms with E-state index in [9.17, 15) is 0 Å². The molecule has 2 fully saturated rings. The van der Waals surface area contributed by atoms with Crippen LogP contribution in [0.1, 0.15) is 20.3 Å². The van der Waals surface area contributed by atoms with Crippen LogP contribution in [0.2, 0.25) is 0 Å². The van der Waals surface area contributed by atoms with Gasteiger partial charge < -0.3 is 10.1 Å². The van der Waals surface area contributed by atoms with Crippen LogP contribution in [0.25, 0.3) is 11.4 Å². The van der Waals surface area contributed by atoms with E-state index in [0.717, 1.165) is 24.3 Å². The van der Waals surface area contributed by atoms with Gasteiger partial charge in [0.15, 0.2) is 0 Å². The van der Waals surface area contributed by atoms with Gasteiger partial charge >= 0.3 is 0 Å². The fraction of sp³-hybridized carbons (Fsp3) is 0.533. The molecule has 3 atom stereocenters. The van der Waals surface area contributed by atoms with E-state index >= 15 is 0 Å². The molecule has 1 aromatic heterocycles. The summed E-state index contributed by atoms with van der Waals surface area (Å²) in [5.41, 5.74) is 2.23. The highest BCUT2D eigenvalue weighted by atomic mass is 16.5. The van der Waals surface area contributed by atoms with Crippen molar-refractivity contribution >= 4 is 5.69 Å². The molecule has 21 heavy (non-hydrogen) atoms. The molecule has 110 valence electrons. The molecule has 6 heteroatoms. The summed E-state index contributed by atoms with van der Waals surface area (Å²) < 4.78 is 5.85. The Labute approximate surface area is 123 Å². The fourth-order valence-electron chi connectivity index (χ4n) is 3.83. The van der Waals surface area contributed by atoms with E-state index in [-0.39, 0.29) is 5.41 Å². The van der Waals surface area contributed by atoms with Crippen LogP contribution in [0.15, 0.2) is 24.3 Å². The smallest absolute Gasteiger partial charge is 0.204 e. The standard InChI is InChI=1S/C15H19N5O/c1-15(2)12(11-6-7-21-13(11)15)16-10-5-3-4-9(8-10)14-17-19-20-18-14/h3-5,8,11-13,16H,6-7H2,1-2H3,(H,17,18,19,20). The Hall–Kier alpha value is -1.95. The molecule has 0 spiro atoms. The van der Waals surface area contributed by atoms with Gasteiger partial charge in [-0.2, -0.15) is 5.21 Å². The van der Waals surface area contributed by atoms with Crippen LogP contribution < -0.4 is 5.32 Å². The summed E-state index contributed by atoms with van der Waals surface area (Å²) in [6.45, 7) is 5.44. The summed E-state index contributed by atoms with van der Waals surface area (Å²) in [5, 5.41) is 17.8. The first-order chi connectivity index (χ1) is 10.2. The number of aromatic nitrogens is 4. The van der Waals surface area contributed by atoms with Gasteiger partial charge in [-0.25, -0.2) is 0 Å². The largest absolute Gasteiger partial charge is 0.381 e. The lowest BCUT2D eigenvalue weighted by Gasteiger charge is -2.55. The second-order valence-electron chi connectivity index (χ2n) is 6.50. The first-order valence-electron chi connectivity index (χ1n) is 7.38. The van der Waals surface area contributed by atoms with Crippen LogP contribution in [-0.2, 0) is 4.74 Å². The zero-order chi connectivity index (χ0) is 14.4. The molecule has 1 aliphatic heterocycles. The molecule has 2 heterocycles. The van der Waals surface area contributed by atoms with E-state index in [1.807, 2.05) is 12.1 Å². The highest BCUT2D eigenvalue weighted by Crippen LogP contribution is 2.53. The first-order valence-corrected chi connectivity index (χ1v) is 7.38. The second kappa shape index (κ2) is 4.53. The fourth-order valence-corrected chi connectivity index (χ4v) is 3.83. The number of rotatable bonds is 3. The molecule has 0 radical (unpaired) electrons. The normalized spacial score (nSPS) is 29.7. The van der Waals surface area contributed by atoms with Gasteiger partial charge in [0.1, 0.15) is 0 Å². The predicted molar refractivity (Wildman–Crippen MR) is 78.7 cm³/mol. The monoisotopic (exact) mass is 285 g/mol. The van der Waals surface area contributed by atoms with Crippen LogP contribution in [0, 0.1) is 11.3 Å². The maximum Gasteiger partial charge on any atom is 0.204 e. The second-order valence-corrected chi connectivity index (χ2v) is 6.50. The average molecular weight is 285 g/mol. The van der Waals surface area contributed by atoms with Crippen molar-refractivity contribution in [1.82, 2.24) is 20.6 Å². The minimum Gasteiger partial charge on any atom is -0.381 e. The van der Waals surface area contributed by atoms with Crippen LogP contribution in [0.3, 0.4) is 0 Å². The van der Waals surface area contributed by atoms with Gasteiger partial charge in [0.05, 0.1) is 6.10 Å². The SMILES string of the molecule is CC1(C)C(Nc2cccc(-c3nn[nH]n3)c2)C2CCOC21. The number of ether oxygens (including phenoxy) is 1. The molecule has 1 aliphatic carbocycles. The molecule has 2 N–H and O–H groups in total. The third-order valence-corrected chi connectivity index (χ3v) is 4.89. The van der Waals surface area contributed by atoms with Crippen LogP contribution in [-0.4, -0.2) is 39.4 Å². The van der Waals surface area contributed by atoms with Crippen molar-refractivity contribution in [3.8, 4) is 11.4 Å². The van der Waals surface area contributed by atoms with E-state index in [1.165, 1.54) is 0 Å². The van der Waals surface area contributed by atoms with Gasteiger partial charge in [-0.15, -0.1) is 10.2 Å². The van der Waals surface area contributed by atoms with E-state index < -0.39 is 0 Å². The molecule has 3 unspecified atom stereocenters.